The number of ether oxygens (including phenoxy) is 2. The molecule has 0 atom stereocenters. The zero-order valence-electron chi connectivity index (χ0n) is 13.4. The van der Waals surface area contributed by atoms with E-state index < -0.39 is 11.6 Å². The summed E-state index contributed by atoms with van der Waals surface area (Å²) in [5, 5.41) is 0. The Hall–Kier alpha value is -1.58. The average Bonchev–Trinajstić information content (AvgIpc) is 3.23. The molecule has 2 nitrogen and oxygen atoms in total. The molecule has 2 fully saturated rings. The molecule has 3 rings (SSSR count). The number of halogens is 2. The van der Waals surface area contributed by atoms with Crippen molar-refractivity contribution in [3.63, 3.8) is 0 Å². The minimum absolute atomic E-state index is 0.0306. The standard InChI is InChI=1S/C19H24F2O2/c20-18-16(22-12-3-6-14-4-1-2-5-14)9-10-17(19(18)21)23-13-11-15-7-8-15/h3,6,9-10,14-15H,1-2,4-5,7-8,11-13H2/b6-3+. The topological polar surface area (TPSA) is 18.5 Å². The Kier molecular flexibility index (Phi) is 5.52. The van der Waals surface area contributed by atoms with Gasteiger partial charge in [0.25, 0.3) is 0 Å². The number of rotatable bonds is 8. The first-order valence-electron chi connectivity index (χ1n) is 8.64. The SMILES string of the molecule is Fc1c(OC/C=C/C2CCCC2)ccc(OCCC2CC2)c1F. The molecule has 0 amide bonds. The first-order valence-corrected chi connectivity index (χ1v) is 8.64. The Labute approximate surface area is 136 Å². The molecule has 0 N–H and O–H groups in total. The molecule has 1 aromatic rings. The van der Waals surface area contributed by atoms with Crippen molar-refractivity contribution in [1.82, 2.24) is 0 Å². The molecule has 0 spiro atoms. The van der Waals surface area contributed by atoms with E-state index in [-0.39, 0.29) is 18.1 Å². The highest BCUT2D eigenvalue weighted by atomic mass is 19.2. The predicted octanol–water partition coefficient (Wildman–Crippen LogP) is 5.27. The van der Waals surface area contributed by atoms with Gasteiger partial charge in [0.1, 0.15) is 6.61 Å². The maximum atomic E-state index is 14.0. The summed E-state index contributed by atoms with van der Waals surface area (Å²) < 4.78 is 38.6. The van der Waals surface area contributed by atoms with E-state index in [2.05, 4.69) is 6.08 Å². The molecule has 0 saturated heterocycles. The van der Waals surface area contributed by atoms with E-state index in [9.17, 15) is 8.78 Å². The molecular formula is C19H24F2O2. The first kappa shape index (κ1) is 16.3. The van der Waals surface area contributed by atoms with E-state index in [1.165, 1.54) is 50.7 Å². The van der Waals surface area contributed by atoms with Crippen LogP contribution in [0.3, 0.4) is 0 Å². The number of hydrogen-bond donors (Lipinski definition) is 0. The van der Waals surface area contributed by atoms with Gasteiger partial charge in [0.05, 0.1) is 6.61 Å². The molecule has 0 aromatic heterocycles. The third-order valence-corrected chi connectivity index (χ3v) is 4.64. The Morgan fingerprint density at radius 3 is 2.26 bits per heavy atom. The van der Waals surface area contributed by atoms with Crippen LogP contribution >= 0.6 is 0 Å². The van der Waals surface area contributed by atoms with Crippen molar-refractivity contribution >= 4 is 0 Å². The molecule has 2 saturated carbocycles. The molecule has 1 aromatic carbocycles. The van der Waals surface area contributed by atoms with Crippen molar-refractivity contribution in [3.8, 4) is 11.5 Å². The highest BCUT2D eigenvalue weighted by Crippen LogP contribution is 2.33. The lowest BCUT2D eigenvalue weighted by Gasteiger charge is -2.10. The Morgan fingerprint density at radius 2 is 1.61 bits per heavy atom. The van der Waals surface area contributed by atoms with Crippen molar-refractivity contribution in [2.24, 2.45) is 11.8 Å². The van der Waals surface area contributed by atoms with Crippen LogP contribution in [-0.4, -0.2) is 13.2 Å². The molecular weight excluding hydrogens is 298 g/mol. The van der Waals surface area contributed by atoms with Crippen molar-refractivity contribution in [3.05, 3.63) is 35.9 Å². The van der Waals surface area contributed by atoms with Gasteiger partial charge in [-0.15, -0.1) is 0 Å². The molecule has 4 heteroatoms. The molecule has 23 heavy (non-hydrogen) atoms. The van der Waals surface area contributed by atoms with Crippen LogP contribution in [0.2, 0.25) is 0 Å². The lowest BCUT2D eigenvalue weighted by atomic mass is 10.1. The summed E-state index contributed by atoms with van der Waals surface area (Å²) in [6.07, 6.45) is 12.4. The molecule has 2 aliphatic carbocycles. The zero-order valence-corrected chi connectivity index (χ0v) is 13.4. The fourth-order valence-corrected chi connectivity index (χ4v) is 3.01. The van der Waals surface area contributed by atoms with Gasteiger partial charge < -0.3 is 9.47 Å². The van der Waals surface area contributed by atoms with Gasteiger partial charge in [-0.1, -0.05) is 37.8 Å². The summed E-state index contributed by atoms with van der Waals surface area (Å²) in [5.74, 6) is -0.703. The second-order valence-corrected chi connectivity index (χ2v) is 6.55. The van der Waals surface area contributed by atoms with Crippen LogP contribution in [-0.2, 0) is 0 Å². The van der Waals surface area contributed by atoms with Gasteiger partial charge in [-0.25, -0.2) is 0 Å². The van der Waals surface area contributed by atoms with E-state index in [0.717, 1.165) is 6.42 Å². The summed E-state index contributed by atoms with van der Waals surface area (Å²) in [6.45, 7) is 0.695. The van der Waals surface area contributed by atoms with E-state index in [4.69, 9.17) is 9.47 Å². The molecule has 0 radical (unpaired) electrons. The van der Waals surface area contributed by atoms with Crippen LogP contribution in [0.5, 0.6) is 11.5 Å². The minimum Gasteiger partial charge on any atom is -0.490 e. The Morgan fingerprint density at radius 1 is 0.957 bits per heavy atom. The molecule has 0 aliphatic heterocycles. The first-order chi connectivity index (χ1) is 11.2. The number of allylic oxidation sites excluding steroid dienone is 1. The summed E-state index contributed by atoms with van der Waals surface area (Å²) >= 11 is 0. The number of hydrogen-bond acceptors (Lipinski definition) is 2. The van der Waals surface area contributed by atoms with Gasteiger partial charge in [-0.2, -0.15) is 8.78 Å². The lowest BCUT2D eigenvalue weighted by Crippen LogP contribution is -2.04. The summed E-state index contributed by atoms with van der Waals surface area (Å²) in [4.78, 5) is 0. The van der Waals surface area contributed by atoms with Gasteiger partial charge >= 0.3 is 0 Å². The van der Waals surface area contributed by atoms with Crippen molar-refractivity contribution in [2.45, 2.75) is 44.9 Å². The highest BCUT2D eigenvalue weighted by molar-refractivity contribution is 5.35. The molecule has 126 valence electrons. The second-order valence-electron chi connectivity index (χ2n) is 6.55. The predicted molar refractivity (Wildman–Crippen MR) is 85.8 cm³/mol. The van der Waals surface area contributed by atoms with E-state index in [1.54, 1.807) is 0 Å². The smallest absolute Gasteiger partial charge is 0.204 e. The van der Waals surface area contributed by atoms with Crippen molar-refractivity contribution in [2.75, 3.05) is 13.2 Å². The summed E-state index contributed by atoms with van der Waals surface area (Å²) in [5.41, 5.74) is 0. The summed E-state index contributed by atoms with van der Waals surface area (Å²) in [7, 11) is 0. The average molecular weight is 322 g/mol. The second kappa shape index (κ2) is 7.80. The fraction of sp³-hybridized carbons (Fsp3) is 0.579. The van der Waals surface area contributed by atoms with E-state index >= 15 is 0 Å². The number of benzene rings is 1. The third kappa shape index (κ3) is 4.69. The maximum Gasteiger partial charge on any atom is 0.204 e. The van der Waals surface area contributed by atoms with Crippen LogP contribution in [0.15, 0.2) is 24.3 Å². The van der Waals surface area contributed by atoms with Crippen molar-refractivity contribution in [1.29, 1.82) is 0 Å². The van der Waals surface area contributed by atoms with Gasteiger partial charge in [0.15, 0.2) is 11.5 Å². The van der Waals surface area contributed by atoms with Gasteiger partial charge in [-0.3, -0.25) is 0 Å². The Balaban J connectivity index is 1.49. The van der Waals surface area contributed by atoms with Crippen LogP contribution in [0.1, 0.15) is 44.9 Å². The molecule has 2 aliphatic rings. The maximum absolute atomic E-state index is 14.0. The van der Waals surface area contributed by atoms with Crippen LogP contribution in [0.4, 0.5) is 8.78 Å². The highest BCUT2D eigenvalue weighted by Gasteiger charge is 2.21. The van der Waals surface area contributed by atoms with Crippen LogP contribution < -0.4 is 9.47 Å². The van der Waals surface area contributed by atoms with Gasteiger partial charge in [-0.05, 0) is 43.2 Å². The van der Waals surface area contributed by atoms with E-state index in [0.29, 0.717) is 18.4 Å². The van der Waals surface area contributed by atoms with Crippen LogP contribution in [0.25, 0.3) is 0 Å². The minimum atomic E-state index is -0.969. The van der Waals surface area contributed by atoms with Crippen molar-refractivity contribution < 1.29 is 18.3 Å². The monoisotopic (exact) mass is 322 g/mol. The fourth-order valence-electron chi connectivity index (χ4n) is 3.01. The Bertz CT molecular complexity index is 547. The zero-order chi connectivity index (χ0) is 16.1. The lowest BCUT2D eigenvalue weighted by molar-refractivity contribution is 0.276. The van der Waals surface area contributed by atoms with E-state index in [1.807, 2.05) is 6.08 Å². The summed E-state index contributed by atoms with van der Waals surface area (Å²) in [6, 6.07) is 2.88. The quantitative estimate of drug-likeness (QED) is 0.607. The molecule has 0 bridgehead atoms. The third-order valence-electron chi connectivity index (χ3n) is 4.64. The van der Waals surface area contributed by atoms with Gasteiger partial charge in [0, 0.05) is 0 Å². The van der Waals surface area contributed by atoms with Gasteiger partial charge in [0.2, 0.25) is 11.6 Å². The largest absolute Gasteiger partial charge is 0.490 e. The van der Waals surface area contributed by atoms with Crippen LogP contribution in [0, 0.1) is 23.5 Å². The molecule has 0 unspecified atom stereocenters. The normalized spacial score (nSPS) is 18.7. The molecule has 0 heterocycles.